The maximum atomic E-state index is 11.4. The monoisotopic (exact) mass is 270 g/mol. The standard InChI is InChI=1S/C16H18N2O2/c1-11-5-3-4-6-13(11)10-18-15-8-7-12(9-14(15)17)16(19)20-2/h3-9,18H,10,17H2,1-2H3. The van der Waals surface area contributed by atoms with Crippen molar-refractivity contribution in [1.29, 1.82) is 0 Å². The van der Waals surface area contributed by atoms with E-state index in [1.54, 1.807) is 18.2 Å². The Morgan fingerprint density at radius 2 is 2.00 bits per heavy atom. The Labute approximate surface area is 118 Å². The van der Waals surface area contributed by atoms with Crippen LogP contribution in [0.15, 0.2) is 42.5 Å². The highest BCUT2D eigenvalue weighted by molar-refractivity contribution is 5.91. The Morgan fingerprint density at radius 3 is 2.65 bits per heavy atom. The molecule has 0 amide bonds. The first-order valence-corrected chi connectivity index (χ1v) is 6.38. The molecular formula is C16H18N2O2. The van der Waals surface area contributed by atoms with Crippen LogP contribution in [0.2, 0.25) is 0 Å². The van der Waals surface area contributed by atoms with E-state index in [1.165, 1.54) is 18.2 Å². The summed E-state index contributed by atoms with van der Waals surface area (Å²) in [6.45, 7) is 2.76. The molecule has 0 spiro atoms. The van der Waals surface area contributed by atoms with Crippen LogP contribution < -0.4 is 11.1 Å². The number of nitrogens with one attached hydrogen (secondary N) is 1. The number of hydrogen-bond acceptors (Lipinski definition) is 4. The Bertz CT molecular complexity index is 624. The molecule has 0 saturated heterocycles. The zero-order chi connectivity index (χ0) is 14.5. The zero-order valence-corrected chi connectivity index (χ0v) is 11.6. The molecule has 0 saturated carbocycles. The minimum atomic E-state index is -0.387. The number of methoxy groups -OCH3 is 1. The van der Waals surface area contributed by atoms with E-state index in [4.69, 9.17) is 5.73 Å². The van der Waals surface area contributed by atoms with E-state index >= 15 is 0 Å². The van der Waals surface area contributed by atoms with Gasteiger partial charge in [-0.25, -0.2) is 4.79 Å². The summed E-state index contributed by atoms with van der Waals surface area (Å²) in [6, 6.07) is 13.3. The summed E-state index contributed by atoms with van der Waals surface area (Å²) in [5.74, 6) is -0.387. The fraction of sp³-hybridized carbons (Fsp3) is 0.188. The molecule has 0 aromatic heterocycles. The first-order chi connectivity index (χ1) is 9.61. The lowest BCUT2D eigenvalue weighted by Gasteiger charge is -2.12. The topological polar surface area (TPSA) is 64.3 Å². The Kier molecular flexibility index (Phi) is 4.25. The number of aryl methyl sites for hydroxylation is 1. The van der Waals surface area contributed by atoms with Gasteiger partial charge < -0.3 is 15.8 Å². The molecule has 104 valence electrons. The summed E-state index contributed by atoms with van der Waals surface area (Å²) in [5, 5.41) is 3.28. The van der Waals surface area contributed by atoms with Gasteiger partial charge in [-0.15, -0.1) is 0 Å². The molecule has 0 unspecified atom stereocenters. The van der Waals surface area contributed by atoms with Crippen LogP contribution in [0.1, 0.15) is 21.5 Å². The second-order valence-corrected chi connectivity index (χ2v) is 4.57. The number of esters is 1. The third-order valence-corrected chi connectivity index (χ3v) is 3.20. The van der Waals surface area contributed by atoms with E-state index in [0.717, 1.165) is 5.69 Å². The maximum absolute atomic E-state index is 11.4. The lowest BCUT2D eigenvalue weighted by molar-refractivity contribution is 0.0601. The maximum Gasteiger partial charge on any atom is 0.337 e. The van der Waals surface area contributed by atoms with Crippen molar-refractivity contribution in [1.82, 2.24) is 0 Å². The Morgan fingerprint density at radius 1 is 1.25 bits per heavy atom. The van der Waals surface area contributed by atoms with E-state index in [9.17, 15) is 4.79 Å². The van der Waals surface area contributed by atoms with Crippen LogP contribution in [0.3, 0.4) is 0 Å². The van der Waals surface area contributed by atoms with E-state index in [2.05, 4.69) is 29.1 Å². The molecular weight excluding hydrogens is 252 g/mol. The summed E-state index contributed by atoms with van der Waals surface area (Å²) in [4.78, 5) is 11.4. The van der Waals surface area contributed by atoms with Gasteiger partial charge >= 0.3 is 5.97 Å². The number of carbonyl (C=O) groups is 1. The number of carbonyl (C=O) groups excluding carboxylic acids is 1. The second kappa shape index (κ2) is 6.10. The van der Waals surface area contributed by atoms with E-state index in [0.29, 0.717) is 17.8 Å². The smallest absolute Gasteiger partial charge is 0.337 e. The highest BCUT2D eigenvalue weighted by Gasteiger charge is 2.08. The molecule has 4 nitrogen and oxygen atoms in total. The number of hydrogen-bond donors (Lipinski definition) is 2. The van der Waals surface area contributed by atoms with Gasteiger partial charge in [-0.2, -0.15) is 0 Å². The van der Waals surface area contributed by atoms with Gasteiger partial charge in [0.2, 0.25) is 0 Å². The van der Waals surface area contributed by atoms with Gasteiger partial charge in [0.15, 0.2) is 0 Å². The van der Waals surface area contributed by atoms with Crippen LogP contribution in [0.25, 0.3) is 0 Å². The molecule has 0 fully saturated rings. The lowest BCUT2D eigenvalue weighted by atomic mass is 10.1. The molecule has 2 aromatic rings. The molecule has 0 aliphatic carbocycles. The van der Waals surface area contributed by atoms with Crippen molar-refractivity contribution in [3.05, 3.63) is 59.2 Å². The summed E-state index contributed by atoms with van der Waals surface area (Å²) in [6.07, 6.45) is 0. The summed E-state index contributed by atoms with van der Waals surface area (Å²) in [5.41, 5.74) is 10.2. The molecule has 0 aliphatic heterocycles. The molecule has 0 heterocycles. The molecule has 20 heavy (non-hydrogen) atoms. The fourth-order valence-electron chi connectivity index (χ4n) is 1.97. The number of nitrogen functional groups attached to an aromatic ring is 1. The Balaban J connectivity index is 2.11. The van der Waals surface area contributed by atoms with E-state index in [1.807, 2.05) is 12.1 Å². The third kappa shape index (κ3) is 3.09. The second-order valence-electron chi connectivity index (χ2n) is 4.57. The number of nitrogens with two attached hydrogens (primary N) is 1. The first kappa shape index (κ1) is 13.9. The molecule has 0 atom stereocenters. The quantitative estimate of drug-likeness (QED) is 0.662. The third-order valence-electron chi connectivity index (χ3n) is 3.20. The summed E-state index contributed by atoms with van der Waals surface area (Å²) >= 11 is 0. The normalized spacial score (nSPS) is 10.1. The van der Waals surface area contributed by atoms with Gasteiger partial charge in [0.05, 0.1) is 24.0 Å². The average Bonchev–Trinajstić information content (AvgIpc) is 2.46. The first-order valence-electron chi connectivity index (χ1n) is 6.38. The largest absolute Gasteiger partial charge is 0.465 e. The Hall–Kier alpha value is -2.49. The highest BCUT2D eigenvalue weighted by Crippen LogP contribution is 2.21. The van der Waals surface area contributed by atoms with Gasteiger partial charge in [-0.3, -0.25) is 0 Å². The zero-order valence-electron chi connectivity index (χ0n) is 11.6. The van der Waals surface area contributed by atoms with Gasteiger partial charge in [-0.1, -0.05) is 24.3 Å². The summed E-state index contributed by atoms with van der Waals surface area (Å²) in [7, 11) is 1.35. The highest BCUT2D eigenvalue weighted by atomic mass is 16.5. The number of rotatable bonds is 4. The van der Waals surface area contributed by atoms with Crippen molar-refractivity contribution in [3.8, 4) is 0 Å². The van der Waals surface area contributed by atoms with Crippen LogP contribution in [-0.4, -0.2) is 13.1 Å². The minimum Gasteiger partial charge on any atom is -0.465 e. The molecule has 0 bridgehead atoms. The minimum absolute atomic E-state index is 0.387. The van der Waals surface area contributed by atoms with Crippen molar-refractivity contribution < 1.29 is 9.53 Å². The molecule has 3 N–H and O–H groups in total. The van der Waals surface area contributed by atoms with Crippen molar-refractivity contribution in [3.63, 3.8) is 0 Å². The van der Waals surface area contributed by atoms with Crippen LogP contribution in [0, 0.1) is 6.92 Å². The molecule has 0 radical (unpaired) electrons. The molecule has 4 heteroatoms. The van der Waals surface area contributed by atoms with Crippen molar-refractivity contribution in [2.45, 2.75) is 13.5 Å². The van der Waals surface area contributed by atoms with Crippen molar-refractivity contribution in [2.75, 3.05) is 18.2 Å². The van der Waals surface area contributed by atoms with Gasteiger partial charge in [0, 0.05) is 6.54 Å². The van der Waals surface area contributed by atoms with Gasteiger partial charge in [0.25, 0.3) is 0 Å². The molecule has 0 aliphatic rings. The van der Waals surface area contributed by atoms with Gasteiger partial charge in [0.1, 0.15) is 0 Å². The predicted molar refractivity (Wildman–Crippen MR) is 80.7 cm³/mol. The number of anilines is 2. The lowest BCUT2D eigenvalue weighted by Crippen LogP contribution is -2.06. The van der Waals surface area contributed by atoms with Crippen LogP contribution in [0.4, 0.5) is 11.4 Å². The SMILES string of the molecule is COC(=O)c1ccc(NCc2ccccc2C)c(N)c1. The molecule has 2 rings (SSSR count). The van der Waals surface area contributed by atoms with Crippen LogP contribution in [0.5, 0.6) is 0 Å². The average molecular weight is 270 g/mol. The van der Waals surface area contributed by atoms with Crippen LogP contribution in [-0.2, 0) is 11.3 Å². The number of ether oxygens (including phenoxy) is 1. The van der Waals surface area contributed by atoms with Crippen molar-refractivity contribution in [2.24, 2.45) is 0 Å². The van der Waals surface area contributed by atoms with Crippen molar-refractivity contribution >= 4 is 17.3 Å². The predicted octanol–water partition coefficient (Wildman–Crippen LogP) is 2.98. The number of benzene rings is 2. The fourth-order valence-corrected chi connectivity index (χ4v) is 1.97. The summed E-state index contributed by atoms with van der Waals surface area (Å²) < 4.78 is 4.66. The van der Waals surface area contributed by atoms with Gasteiger partial charge in [-0.05, 0) is 36.2 Å². The van der Waals surface area contributed by atoms with Crippen LogP contribution >= 0.6 is 0 Å². The molecule has 2 aromatic carbocycles. The van der Waals surface area contributed by atoms with E-state index in [-0.39, 0.29) is 5.97 Å². The van der Waals surface area contributed by atoms with E-state index < -0.39 is 0 Å².